The molecule has 3 heterocycles. The lowest BCUT2D eigenvalue weighted by Gasteiger charge is -2.26. The lowest BCUT2D eigenvalue weighted by Crippen LogP contribution is -2.35. The molecule has 8 heteroatoms. The smallest absolute Gasteiger partial charge is 0.355 e. The van der Waals surface area contributed by atoms with E-state index in [4.69, 9.17) is 4.98 Å². The molecule has 1 unspecified atom stereocenters. The van der Waals surface area contributed by atoms with Crippen molar-refractivity contribution in [1.82, 2.24) is 19.9 Å². The van der Waals surface area contributed by atoms with Crippen molar-refractivity contribution in [1.29, 1.82) is 0 Å². The molecule has 1 saturated carbocycles. The van der Waals surface area contributed by atoms with E-state index >= 15 is 0 Å². The van der Waals surface area contributed by atoms with Crippen LogP contribution in [0.15, 0.2) is 30.6 Å². The van der Waals surface area contributed by atoms with E-state index in [9.17, 15) is 13.2 Å². The van der Waals surface area contributed by atoms with E-state index in [2.05, 4.69) is 19.8 Å². The Kier molecular flexibility index (Phi) is 4.75. The summed E-state index contributed by atoms with van der Waals surface area (Å²) < 4.78 is 37.9. The maximum Gasteiger partial charge on any atom is 0.433 e. The van der Waals surface area contributed by atoms with Crippen molar-refractivity contribution >= 4 is 5.82 Å². The van der Waals surface area contributed by atoms with Gasteiger partial charge in [0.15, 0.2) is 0 Å². The standard InChI is InChI=1S/C19H22F3N5/c1-26(17-6-8-23-18(25-17)14-3-4-14)15-7-9-27(12-15)11-13-2-5-16(24-10-13)19(20,21)22/h2,5-6,8,10,14-15H,3-4,7,9,11-12H2,1H3. The van der Waals surface area contributed by atoms with Crippen LogP contribution in [0.4, 0.5) is 19.0 Å². The Morgan fingerprint density at radius 2 is 1.96 bits per heavy atom. The first kappa shape index (κ1) is 18.2. The highest BCUT2D eigenvalue weighted by Gasteiger charge is 2.32. The second kappa shape index (κ2) is 7.07. The number of alkyl halides is 3. The monoisotopic (exact) mass is 377 g/mol. The Bertz CT molecular complexity index is 789. The van der Waals surface area contributed by atoms with Gasteiger partial charge in [-0.3, -0.25) is 9.88 Å². The van der Waals surface area contributed by atoms with Gasteiger partial charge in [-0.2, -0.15) is 13.2 Å². The summed E-state index contributed by atoms with van der Waals surface area (Å²) in [5.74, 6) is 2.39. The summed E-state index contributed by atoms with van der Waals surface area (Å²) in [6.07, 6.45) is 2.10. The van der Waals surface area contributed by atoms with Gasteiger partial charge in [0.05, 0.1) is 0 Å². The van der Waals surface area contributed by atoms with Crippen LogP contribution >= 0.6 is 0 Å². The van der Waals surface area contributed by atoms with Gasteiger partial charge in [0.25, 0.3) is 0 Å². The molecule has 2 aliphatic rings. The van der Waals surface area contributed by atoms with Gasteiger partial charge in [-0.15, -0.1) is 0 Å². The molecular formula is C19H22F3N5. The number of aromatic nitrogens is 3. The van der Waals surface area contributed by atoms with Gasteiger partial charge >= 0.3 is 6.18 Å². The number of hydrogen-bond donors (Lipinski definition) is 0. The minimum Gasteiger partial charge on any atom is -0.355 e. The van der Waals surface area contributed by atoms with Crippen molar-refractivity contribution in [2.45, 2.75) is 43.9 Å². The maximum absolute atomic E-state index is 12.6. The number of likely N-dealkylation sites (N-methyl/N-ethyl adjacent to an activating group) is 1. The van der Waals surface area contributed by atoms with E-state index in [0.717, 1.165) is 42.8 Å². The molecule has 2 fully saturated rings. The molecule has 0 aromatic carbocycles. The van der Waals surface area contributed by atoms with E-state index in [1.54, 1.807) is 0 Å². The first-order valence-electron chi connectivity index (χ1n) is 9.20. The maximum atomic E-state index is 12.6. The number of anilines is 1. The molecule has 2 aromatic rings. The largest absolute Gasteiger partial charge is 0.433 e. The SMILES string of the molecule is CN(c1ccnc(C2CC2)n1)C1CCN(Cc2ccc(C(F)(F)F)nc2)C1. The van der Waals surface area contributed by atoms with E-state index in [0.29, 0.717) is 18.5 Å². The van der Waals surface area contributed by atoms with Crippen molar-refractivity contribution in [3.63, 3.8) is 0 Å². The van der Waals surface area contributed by atoms with Crippen LogP contribution in [0.1, 0.15) is 42.3 Å². The van der Waals surface area contributed by atoms with E-state index in [1.807, 2.05) is 19.3 Å². The second-order valence-electron chi connectivity index (χ2n) is 7.39. The van der Waals surface area contributed by atoms with Crippen LogP contribution in [0.5, 0.6) is 0 Å². The summed E-state index contributed by atoms with van der Waals surface area (Å²) in [4.78, 5) is 17.1. The topological polar surface area (TPSA) is 45.2 Å². The van der Waals surface area contributed by atoms with Crippen molar-refractivity contribution in [2.24, 2.45) is 0 Å². The number of pyridine rings is 1. The molecule has 5 nitrogen and oxygen atoms in total. The summed E-state index contributed by atoms with van der Waals surface area (Å²) in [5.41, 5.74) is -0.0510. The Labute approximate surface area is 156 Å². The Morgan fingerprint density at radius 1 is 1.15 bits per heavy atom. The zero-order chi connectivity index (χ0) is 19.0. The normalized spacial score (nSPS) is 20.8. The molecule has 2 aromatic heterocycles. The molecule has 0 amide bonds. The fourth-order valence-electron chi connectivity index (χ4n) is 3.50. The predicted octanol–water partition coefficient (Wildman–Crippen LogP) is 3.48. The average molecular weight is 377 g/mol. The zero-order valence-corrected chi connectivity index (χ0v) is 15.2. The summed E-state index contributed by atoms with van der Waals surface area (Å²) in [6.45, 7) is 2.35. The fourth-order valence-corrected chi connectivity index (χ4v) is 3.50. The Hall–Kier alpha value is -2.22. The molecule has 4 rings (SSSR count). The molecule has 0 bridgehead atoms. The third-order valence-corrected chi connectivity index (χ3v) is 5.28. The van der Waals surface area contributed by atoms with Gasteiger partial charge in [0.2, 0.25) is 0 Å². The van der Waals surface area contributed by atoms with Crippen molar-refractivity contribution in [2.75, 3.05) is 25.0 Å². The molecule has 144 valence electrons. The molecule has 1 saturated heterocycles. The van der Waals surface area contributed by atoms with Crippen LogP contribution in [0.3, 0.4) is 0 Å². The van der Waals surface area contributed by atoms with Crippen LogP contribution in [0.2, 0.25) is 0 Å². The van der Waals surface area contributed by atoms with Crippen molar-refractivity contribution in [3.8, 4) is 0 Å². The number of nitrogens with zero attached hydrogens (tertiary/aromatic N) is 5. The molecule has 1 aliphatic heterocycles. The molecular weight excluding hydrogens is 355 g/mol. The quantitative estimate of drug-likeness (QED) is 0.798. The van der Waals surface area contributed by atoms with Gasteiger partial charge in [-0.1, -0.05) is 6.07 Å². The highest BCUT2D eigenvalue weighted by atomic mass is 19.4. The summed E-state index contributed by atoms with van der Waals surface area (Å²) in [6, 6.07) is 4.83. The summed E-state index contributed by atoms with van der Waals surface area (Å²) in [7, 11) is 2.05. The molecule has 1 atom stereocenters. The minimum atomic E-state index is -4.39. The van der Waals surface area contributed by atoms with E-state index in [-0.39, 0.29) is 0 Å². The molecule has 0 radical (unpaired) electrons. The molecule has 0 spiro atoms. The molecule has 0 N–H and O–H groups in total. The summed E-state index contributed by atoms with van der Waals surface area (Å²) in [5, 5.41) is 0. The lowest BCUT2D eigenvalue weighted by molar-refractivity contribution is -0.141. The second-order valence-corrected chi connectivity index (χ2v) is 7.39. The average Bonchev–Trinajstić information content (AvgIpc) is 3.41. The number of hydrogen-bond acceptors (Lipinski definition) is 5. The van der Waals surface area contributed by atoms with Gasteiger partial charge in [-0.05, 0) is 37.0 Å². The lowest BCUT2D eigenvalue weighted by atomic mass is 10.2. The van der Waals surface area contributed by atoms with Gasteiger partial charge in [-0.25, -0.2) is 9.97 Å². The summed E-state index contributed by atoms with van der Waals surface area (Å²) >= 11 is 0. The Balaban J connectivity index is 1.36. The number of halogens is 3. The highest BCUT2D eigenvalue weighted by Crippen LogP contribution is 2.38. The highest BCUT2D eigenvalue weighted by molar-refractivity contribution is 5.39. The minimum absolute atomic E-state index is 0.328. The molecule has 27 heavy (non-hydrogen) atoms. The van der Waals surface area contributed by atoms with E-state index < -0.39 is 11.9 Å². The van der Waals surface area contributed by atoms with Gasteiger partial charge in [0.1, 0.15) is 17.3 Å². The first-order chi connectivity index (χ1) is 12.9. The van der Waals surface area contributed by atoms with Gasteiger partial charge < -0.3 is 4.90 Å². The third-order valence-electron chi connectivity index (χ3n) is 5.28. The number of rotatable bonds is 5. The van der Waals surface area contributed by atoms with Crippen LogP contribution < -0.4 is 4.90 Å². The van der Waals surface area contributed by atoms with Crippen LogP contribution in [-0.4, -0.2) is 46.0 Å². The van der Waals surface area contributed by atoms with Gasteiger partial charge in [0, 0.05) is 51.0 Å². The van der Waals surface area contributed by atoms with Crippen molar-refractivity contribution in [3.05, 3.63) is 47.7 Å². The van der Waals surface area contributed by atoms with Crippen LogP contribution in [0, 0.1) is 0 Å². The molecule has 1 aliphatic carbocycles. The predicted molar refractivity (Wildman–Crippen MR) is 95.3 cm³/mol. The Morgan fingerprint density at radius 3 is 2.63 bits per heavy atom. The van der Waals surface area contributed by atoms with Crippen molar-refractivity contribution < 1.29 is 13.2 Å². The van der Waals surface area contributed by atoms with Crippen LogP contribution in [-0.2, 0) is 12.7 Å². The van der Waals surface area contributed by atoms with Crippen LogP contribution in [0.25, 0.3) is 0 Å². The zero-order valence-electron chi connectivity index (χ0n) is 15.2. The first-order valence-corrected chi connectivity index (χ1v) is 9.20. The van der Waals surface area contributed by atoms with E-state index in [1.165, 1.54) is 25.1 Å². The third kappa shape index (κ3) is 4.21. The number of likely N-dealkylation sites (tertiary alicyclic amines) is 1. The fraction of sp³-hybridized carbons (Fsp3) is 0.526.